The van der Waals surface area contributed by atoms with E-state index >= 15 is 0 Å². The molecule has 3 aliphatic rings. The molecule has 1 aromatic carbocycles. The van der Waals surface area contributed by atoms with Crippen molar-refractivity contribution in [3.8, 4) is 0 Å². The third-order valence-electron chi connectivity index (χ3n) is 8.41. The largest absolute Gasteiger partial charge is 0.481 e. The van der Waals surface area contributed by atoms with E-state index in [9.17, 15) is 24.6 Å². The van der Waals surface area contributed by atoms with E-state index in [0.717, 1.165) is 5.56 Å². The summed E-state index contributed by atoms with van der Waals surface area (Å²) >= 11 is 6.55. The maximum Gasteiger partial charge on any atom is 0.310 e. The Bertz CT molecular complexity index is 1060. The maximum atomic E-state index is 14.5. The fourth-order valence-electron chi connectivity index (χ4n) is 6.74. The summed E-state index contributed by atoms with van der Waals surface area (Å²) in [6.07, 6.45) is 3.86. The Morgan fingerprint density at radius 1 is 1.33 bits per heavy atom. The Morgan fingerprint density at radius 3 is 2.67 bits per heavy atom. The molecule has 36 heavy (non-hydrogen) atoms. The van der Waals surface area contributed by atoms with Gasteiger partial charge in [-0.05, 0) is 57.1 Å². The third kappa shape index (κ3) is 3.85. The van der Waals surface area contributed by atoms with Crippen LogP contribution in [-0.2, 0) is 19.1 Å². The van der Waals surface area contributed by atoms with Crippen molar-refractivity contribution in [1.82, 2.24) is 4.90 Å². The fraction of sp³-hybridized carbons (Fsp3) is 0.593. The molecule has 3 unspecified atom stereocenters. The number of aliphatic carboxylic acids is 1. The number of carbonyl (C=O) groups excluding carboxylic acids is 2. The number of halogens is 1. The molecule has 1 spiro atoms. The Balaban J connectivity index is 1.82. The molecule has 8 nitrogen and oxygen atoms in total. The first-order valence-corrected chi connectivity index (χ1v) is 12.9. The molecule has 0 saturated carbocycles. The van der Waals surface area contributed by atoms with Crippen LogP contribution < -0.4 is 4.90 Å². The van der Waals surface area contributed by atoms with Crippen LogP contribution in [0, 0.1) is 24.7 Å². The van der Waals surface area contributed by atoms with Gasteiger partial charge in [-0.2, -0.15) is 0 Å². The van der Waals surface area contributed by atoms with Crippen molar-refractivity contribution in [3.05, 3.63) is 41.4 Å². The van der Waals surface area contributed by atoms with Gasteiger partial charge in [-0.15, -0.1) is 6.58 Å². The van der Waals surface area contributed by atoms with E-state index in [1.807, 2.05) is 19.9 Å². The summed E-state index contributed by atoms with van der Waals surface area (Å²) in [5.74, 6) is -3.92. The number of anilines is 1. The van der Waals surface area contributed by atoms with Gasteiger partial charge in [0.15, 0.2) is 0 Å². The number of carboxylic acids is 1. The summed E-state index contributed by atoms with van der Waals surface area (Å²) < 4.78 is 6.55. The minimum atomic E-state index is -1.24. The summed E-state index contributed by atoms with van der Waals surface area (Å²) in [6.45, 7) is 9.85. The highest BCUT2D eigenvalue weighted by Crippen LogP contribution is 2.65. The Hall–Kier alpha value is -2.42. The second-order valence-corrected chi connectivity index (χ2v) is 10.9. The van der Waals surface area contributed by atoms with E-state index in [4.69, 9.17) is 16.3 Å². The zero-order valence-corrected chi connectivity index (χ0v) is 21.8. The van der Waals surface area contributed by atoms with Crippen molar-refractivity contribution in [1.29, 1.82) is 0 Å². The number of unbranched alkanes of at least 4 members (excludes halogenated alkanes) is 2. The van der Waals surface area contributed by atoms with E-state index in [1.165, 1.54) is 9.80 Å². The van der Waals surface area contributed by atoms with Crippen LogP contribution in [0.15, 0.2) is 30.9 Å². The number of likely N-dealkylation sites (tertiary alicyclic amines) is 1. The summed E-state index contributed by atoms with van der Waals surface area (Å²) in [7, 11) is 0. The summed E-state index contributed by atoms with van der Waals surface area (Å²) in [5.41, 5.74) is -0.946. The van der Waals surface area contributed by atoms with Crippen LogP contribution in [0.3, 0.4) is 0 Å². The SMILES string of the molecule is C=CCN(C(=O)C1N(CCCCCO)C(=O)[C@@H]2[C@@H](C(=O)O)[C@]3(C)OC12CC3C)c1c(C)cccc1Cl. The molecule has 3 fully saturated rings. The first kappa shape index (κ1) is 26.6. The first-order chi connectivity index (χ1) is 17.0. The van der Waals surface area contributed by atoms with Crippen LogP contribution in [0.4, 0.5) is 5.69 Å². The van der Waals surface area contributed by atoms with Crippen LogP contribution in [0.1, 0.15) is 45.1 Å². The highest BCUT2D eigenvalue weighted by molar-refractivity contribution is 6.34. The topological polar surface area (TPSA) is 107 Å². The molecule has 9 heteroatoms. The number of aliphatic hydroxyl groups is 1. The van der Waals surface area contributed by atoms with Crippen molar-refractivity contribution in [2.24, 2.45) is 17.8 Å². The minimum Gasteiger partial charge on any atom is -0.481 e. The molecule has 2 N–H and O–H groups in total. The molecule has 196 valence electrons. The van der Waals surface area contributed by atoms with E-state index < -0.39 is 35.0 Å². The van der Waals surface area contributed by atoms with E-state index in [0.29, 0.717) is 36.4 Å². The fourth-order valence-corrected chi connectivity index (χ4v) is 7.06. The highest BCUT2D eigenvalue weighted by atomic mass is 35.5. The molecular formula is C27H35ClN2O6. The van der Waals surface area contributed by atoms with E-state index in [2.05, 4.69) is 6.58 Å². The number of carboxylic acid groups (broad SMARTS) is 1. The molecule has 0 radical (unpaired) electrons. The van der Waals surface area contributed by atoms with Crippen molar-refractivity contribution in [3.63, 3.8) is 0 Å². The number of amides is 2. The lowest BCUT2D eigenvalue weighted by Crippen LogP contribution is -2.57. The lowest BCUT2D eigenvalue weighted by Gasteiger charge is -2.37. The van der Waals surface area contributed by atoms with Gasteiger partial charge in [0, 0.05) is 19.7 Å². The number of aliphatic hydroxyl groups excluding tert-OH is 1. The van der Waals surface area contributed by atoms with Gasteiger partial charge < -0.3 is 24.7 Å². The van der Waals surface area contributed by atoms with Gasteiger partial charge in [-0.25, -0.2) is 0 Å². The average Bonchev–Trinajstić information content (AvgIpc) is 3.32. The Kier molecular flexibility index (Phi) is 7.25. The number of ether oxygens (including phenoxy) is 1. The minimum absolute atomic E-state index is 0.0435. The van der Waals surface area contributed by atoms with Crippen LogP contribution in [0.2, 0.25) is 5.02 Å². The number of carbonyl (C=O) groups is 3. The molecule has 3 aliphatic heterocycles. The van der Waals surface area contributed by atoms with Crippen molar-refractivity contribution in [2.45, 2.75) is 63.7 Å². The summed E-state index contributed by atoms with van der Waals surface area (Å²) in [6, 6.07) is 4.38. The van der Waals surface area contributed by atoms with Crippen molar-refractivity contribution in [2.75, 3.05) is 24.6 Å². The van der Waals surface area contributed by atoms with Gasteiger partial charge in [0.05, 0.1) is 22.2 Å². The second-order valence-electron chi connectivity index (χ2n) is 10.5. The predicted octanol–water partition coefficient (Wildman–Crippen LogP) is 3.43. The summed E-state index contributed by atoms with van der Waals surface area (Å²) in [4.78, 5) is 43.9. The van der Waals surface area contributed by atoms with E-state index in [-0.39, 0.29) is 37.4 Å². The molecule has 2 bridgehead atoms. The van der Waals surface area contributed by atoms with Crippen LogP contribution >= 0.6 is 11.6 Å². The van der Waals surface area contributed by atoms with Gasteiger partial charge in [-0.3, -0.25) is 14.4 Å². The number of aryl methyl sites for hydroxylation is 1. The number of hydrogen-bond acceptors (Lipinski definition) is 5. The highest BCUT2D eigenvalue weighted by Gasteiger charge is 2.80. The van der Waals surface area contributed by atoms with Crippen molar-refractivity contribution < 1.29 is 29.3 Å². The van der Waals surface area contributed by atoms with Crippen LogP contribution in [-0.4, -0.2) is 69.8 Å². The number of hydrogen-bond donors (Lipinski definition) is 2. The molecule has 0 aliphatic carbocycles. The average molecular weight is 519 g/mol. The number of rotatable bonds is 10. The molecule has 3 heterocycles. The lowest BCUT2D eigenvalue weighted by atomic mass is 9.62. The summed E-state index contributed by atoms with van der Waals surface area (Å²) in [5, 5.41) is 19.8. The van der Waals surface area contributed by atoms with Gasteiger partial charge in [-0.1, -0.05) is 36.7 Å². The molecule has 2 amide bonds. The second kappa shape index (κ2) is 9.80. The van der Waals surface area contributed by atoms with Gasteiger partial charge >= 0.3 is 5.97 Å². The number of para-hydroxylation sites is 1. The normalized spacial score (nSPS) is 32.6. The Labute approximate surface area is 216 Å². The van der Waals surface area contributed by atoms with Crippen LogP contribution in [0.25, 0.3) is 0 Å². The monoisotopic (exact) mass is 518 g/mol. The molecule has 1 aromatic rings. The third-order valence-corrected chi connectivity index (χ3v) is 8.71. The maximum absolute atomic E-state index is 14.5. The van der Waals surface area contributed by atoms with Gasteiger partial charge in [0.25, 0.3) is 5.91 Å². The van der Waals surface area contributed by atoms with Crippen LogP contribution in [0.5, 0.6) is 0 Å². The van der Waals surface area contributed by atoms with E-state index in [1.54, 1.807) is 25.1 Å². The zero-order valence-electron chi connectivity index (χ0n) is 21.1. The zero-order chi connectivity index (χ0) is 26.4. The standard InChI is InChI=1S/C27H35ClN2O6/c1-5-12-29(21-16(2)10-9-11-18(21)28)24(33)22-27-15-17(3)26(4,36-27)20(25(34)35)19(27)23(32)30(22)13-7-6-8-14-31/h5,9-11,17,19-20,22,31H,1,6-8,12-15H2,2-4H3,(H,34,35)/t17?,19-,20-,22?,26+,27?/m0/s1. The first-order valence-electron chi connectivity index (χ1n) is 12.6. The van der Waals surface area contributed by atoms with Crippen molar-refractivity contribution >= 4 is 35.1 Å². The smallest absolute Gasteiger partial charge is 0.310 e. The predicted molar refractivity (Wildman–Crippen MR) is 136 cm³/mol. The number of fused-ring (bicyclic) bond motifs is 1. The molecule has 4 rings (SSSR count). The molecule has 3 saturated heterocycles. The quantitative estimate of drug-likeness (QED) is 0.363. The molecule has 0 aromatic heterocycles. The van der Waals surface area contributed by atoms with Gasteiger partial charge in [0.1, 0.15) is 17.6 Å². The number of nitrogens with zero attached hydrogens (tertiary/aromatic N) is 2. The Morgan fingerprint density at radius 2 is 2.06 bits per heavy atom. The number of benzene rings is 1. The molecule has 6 atom stereocenters. The lowest BCUT2D eigenvalue weighted by molar-refractivity contribution is -0.156. The van der Waals surface area contributed by atoms with Gasteiger partial charge in [0.2, 0.25) is 5.91 Å². The molecular weight excluding hydrogens is 484 g/mol.